The van der Waals surface area contributed by atoms with Gasteiger partial charge in [-0.25, -0.2) is 14.6 Å². The molecule has 2 rings (SSSR count). The second-order valence-electron chi connectivity index (χ2n) is 4.81. The Morgan fingerprint density at radius 3 is 3.00 bits per heavy atom. The van der Waals surface area contributed by atoms with Crippen LogP contribution in [0.2, 0.25) is 0 Å². The number of carbonyl (C=O) groups is 1. The topological polar surface area (TPSA) is 72.2 Å². The highest BCUT2D eigenvalue weighted by Crippen LogP contribution is 2.37. The van der Waals surface area contributed by atoms with Crippen molar-refractivity contribution in [1.82, 2.24) is 9.55 Å². The number of aliphatic carboxylic acids is 1. The molecule has 92 valence electrons. The zero-order chi connectivity index (χ0) is 12.5. The minimum atomic E-state index is -1.11. The van der Waals surface area contributed by atoms with Gasteiger partial charge in [-0.2, -0.15) is 0 Å². The van der Waals surface area contributed by atoms with Crippen molar-refractivity contribution >= 4 is 5.97 Å². The van der Waals surface area contributed by atoms with Crippen molar-refractivity contribution in [2.24, 2.45) is 5.92 Å². The lowest BCUT2D eigenvalue weighted by atomic mass is 9.76. The standard InChI is InChI=1S/C12H16N2O3/c1-9-4-2-5-12(8-9,10(15)16)14-7-3-6-13-11(14)17/h3,6-7,9H,2,4-5,8H2,1H3,(H,15,16). The van der Waals surface area contributed by atoms with Crippen molar-refractivity contribution in [1.29, 1.82) is 0 Å². The van der Waals surface area contributed by atoms with Crippen LogP contribution in [0.4, 0.5) is 0 Å². The predicted octanol–water partition coefficient (Wildman–Crippen LogP) is 1.23. The zero-order valence-electron chi connectivity index (χ0n) is 9.80. The van der Waals surface area contributed by atoms with Gasteiger partial charge >= 0.3 is 11.7 Å². The van der Waals surface area contributed by atoms with Crippen LogP contribution >= 0.6 is 0 Å². The van der Waals surface area contributed by atoms with Crippen LogP contribution in [0.5, 0.6) is 0 Å². The number of carboxylic acid groups (broad SMARTS) is 1. The molecule has 1 saturated carbocycles. The Hall–Kier alpha value is -1.65. The second-order valence-corrected chi connectivity index (χ2v) is 4.81. The molecule has 0 bridgehead atoms. The molecule has 5 nitrogen and oxygen atoms in total. The molecule has 0 aliphatic heterocycles. The Balaban J connectivity index is 2.52. The van der Waals surface area contributed by atoms with Gasteiger partial charge in [0, 0.05) is 12.4 Å². The van der Waals surface area contributed by atoms with Crippen LogP contribution in [-0.2, 0) is 10.3 Å². The van der Waals surface area contributed by atoms with Gasteiger partial charge in [0.1, 0.15) is 5.54 Å². The summed E-state index contributed by atoms with van der Waals surface area (Å²) in [5.74, 6) is -0.619. The first-order valence-electron chi connectivity index (χ1n) is 5.84. The molecular formula is C12H16N2O3. The van der Waals surface area contributed by atoms with Crippen molar-refractivity contribution in [2.75, 3.05) is 0 Å². The molecule has 1 N–H and O–H groups in total. The van der Waals surface area contributed by atoms with Gasteiger partial charge in [-0.05, 0) is 24.8 Å². The molecule has 0 spiro atoms. The van der Waals surface area contributed by atoms with Gasteiger partial charge in [-0.3, -0.25) is 4.57 Å². The first-order valence-corrected chi connectivity index (χ1v) is 5.84. The van der Waals surface area contributed by atoms with Crippen molar-refractivity contribution in [3.63, 3.8) is 0 Å². The third-order valence-electron chi connectivity index (χ3n) is 3.54. The summed E-state index contributed by atoms with van der Waals surface area (Å²) in [5, 5.41) is 9.50. The molecule has 2 unspecified atom stereocenters. The molecule has 1 aliphatic carbocycles. The largest absolute Gasteiger partial charge is 0.479 e. The fraction of sp³-hybridized carbons (Fsp3) is 0.583. The third-order valence-corrected chi connectivity index (χ3v) is 3.54. The van der Waals surface area contributed by atoms with Crippen LogP contribution in [-0.4, -0.2) is 20.6 Å². The minimum Gasteiger partial charge on any atom is -0.479 e. The molecule has 17 heavy (non-hydrogen) atoms. The Kier molecular flexibility index (Phi) is 3.00. The van der Waals surface area contributed by atoms with Gasteiger partial charge < -0.3 is 5.11 Å². The van der Waals surface area contributed by atoms with E-state index in [2.05, 4.69) is 4.98 Å². The summed E-state index contributed by atoms with van der Waals surface area (Å²) < 4.78 is 1.28. The monoisotopic (exact) mass is 236 g/mol. The van der Waals surface area contributed by atoms with E-state index in [1.54, 1.807) is 6.07 Å². The predicted molar refractivity (Wildman–Crippen MR) is 61.7 cm³/mol. The van der Waals surface area contributed by atoms with E-state index in [0.717, 1.165) is 12.8 Å². The van der Waals surface area contributed by atoms with Crippen molar-refractivity contribution in [3.05, 3.63) is 28.9 Å². The van der Waals surface area contributed by atoms with Crippen LogP contribution in [0.1, 0.15) is 32.6 Å². The Morgan fingerprint density at radius 1 is 1.65 bits per heavy atom. The number of carboxylic acids is 1. The molecule has 1 aromatic rings. The number of rotatable bonds is 2. The number of hydrogen-bond donors (Lipinski definition) is 1. The van der Waals surface area contributed by atoms with Crippen LogP contribution in [0.3, 0.4) is 0 Å². The van der Waals surface area contributed by atoms with Gasteiger partial charge in [-0.15, -0.1) is 0 Å². The van der Waals surface area contributed by atoms with E-state index in [-0.39, 0.29) is 0 Å². The van der Waals surface area contributed by atoms with E-state index in [9.17, 15) is 14.7 Å². The lowest BCUT2D eigenvalue weighted by Gasteiger charge is -2.37. The molecule has 0 aromatic carbocycles. The van der Waals surface area contributed by atoms with Gasteiger partial charge in [-0.1, -0.05) is 19.8 Å². The zero-order valence-corrected chi connectivity index (χ0v) is 9.80. The van der Waals surface area contributed by atoms with Crippen LogP contribution < -0.4 is 5.69 Å². The van der Waals surface area contributed by atoms with Crippen molar-refractivity contribution in [2.45, 2.75) is 38.1 Å². The highest BCUT2D eigenvalue weighted by Gasteiger charge is 2.44. The molecule has 0 amide bonds. The highest BCUT2D eigenvalue weighted by molar-refractivity contribution is 5.76. The maximum Gasteiger partial charge on any atom is 0.348 e. The lowest BCUT2D eigenvalue weighted by Crippen LogP contribution is -2.50. The normalized spacial score (nSPS) is 28.9. The summed E-state index contributed by atoms with van der Waals surface area (Å²) in [5.41, 5.74) is -1.59. The van der Waals surface area contributed by atoms with Gasteiger partial charge in [0.15, 0.2) is 0 Å². The first-order chi connectivity index (χ1) is 8.06. The highest BCUT2D eigenvalue weighted by atomic mass is 16.4. The maximum absolute atomic E-state index is 11.7. The van der Waals surface area contributed by atoms with Crippen molar-refractivity contribution < 1.29 is 9.90 Å². The van der Waals surface area contributed by atoms with E-state index in [1.165, 1.54) is 17.0 Å². The molecule has 2 atom stereocenters. The first kappa shape index (κ1) is 11.8. The fourth-order valence-electron chi connectivity index (χ4n) is 2.72. The summed E-state index contributed by atoms with van der Waals surface area (Å²) in [6, 6.07) is 1.60. The van der Waals surface area contributed by atoms with Gasteiger partial charge in [0.05, 0.1) is 0 Å². The van der Waals surface area contributed by atoms with E-state index >= 15 is 0 Å². The van der Waals surface area contributed by atoms with Crippen LogP contribution in [0, 0.1) is 5.92 Å². The Labute approximate surface area is 99.1 Å². The number of aromatic nitrogens is 2. The summed E-state index contributed by atoms with van der Waals surface area (Å²) in [6.45, 7) is 2.03. The molecule has 1 fully saturated rings. The average molecular weight is 236 g/mol. The van der Waals surface area contributed by atoms with Crippen molar-refractivity contribution in [3.8, 4) is 0 Å². The molecule has 1 aromatic heterocycles. The summed E-state index contributed by atoms with van der Waals surface area (Å²) >= 11 is 0. The third kappa shape index (κ3) is 1.97. The fourth-order valence-corrected chi connectivity index (χ4v) is 2.72. The summed E-state index contributed by atoms with van der Waals surface area (Å²) in [6.07, 6.45) is 5.76. The quantitative estimate of drug-likeness (QED) is 0.838. The van der Waals surface area contributed by atoms with Gasteiger partial charge in [0.2, 0.25) is 0 Å². The Morgan fingerprint density at radius 2 is 2.41 bits per heavy atom. The van der Waals surface area contributed by atoms with Crippen LogP contribution in [0.25, 0.3) is 0 Å². The maximum atomic E-state index is 11.7. The van der Waals surface area contributed by atoms with E-state index < -0.39 is 17.2 Å². The van der Waals surface area contributed by atoms with E-state index in [4.69, 9.17) is 0 Å². The lowest BCUT2D eigenvalue weighted by molar-refractivity contribution is -0.150. The second kappa shape index (κ2) is 4.31. The molecule has 1 heterocycles. The SMILES string of the molecule is CC1CCCC(C(=O)O)(n2cccnc2=O)C1. The van der Waals surface area contributed by atoms with E-state index in [1.807, 2.05) is 6.92 Å². The molecule has 0 saturated heterocycles. The van der Waals surface area contributed by atoms with Gasteiger partial charge in [0.25, 0.3) is 0 Å². The van der Waals surface area contributed by atoms with Crippen LogP contribution in [0.15, 0.2) is 23.3 Å². The molecule has 1 aliphatic rings. The summed E-state index contributed by atoms with van der Waals surface area (Å²) in [4.78, 5) is 27.0. The molecule has 5 heteroatoms. The number of nitrogens with zero attached hydrogens (tertiary/aromatic N) is 2. The average Bonchev–Trinajstić information content (AvgIpc) is 2.29. The molecular weight excluding hydrogens is 220 g/mol. The Bertz CT molecular complexity index is 483. The minimum absolute atomic E-state index is 0.312. The van der Waals surface area contributed by atoms with E-state index in [0.29, 0.717) is 18.8 Å². The molecule has 0 radical (unpaired) electrons. The summed E-state index contributed by atoms with van der Waals surface area (Å²) in [7, 11) is 0. The smallest absolute Gasteiger partial charge is 0.348 e. The number of hydrogen-bond acceptors (Lipinski definition) is 3.